The average Bonchev–Trinajstić information content (AvgIpc) is 3.14. The van der Waals surface area contributed by atoms with Gasteiger partial charge in [0.2, 0.25) is 5.91 Å². The molecule has 0 bridgehead atoms. The summed E-state index contributed by atoms with van der Waals surface area (Å²) in [5.74, 6) is -0.623. The Morgan fingerprint density at radius 3 is 2.54 bits per heavy atom. The van der Waals surface area contributed by atoms with E-state index in [0.29, 0.717) is 13.0 Å². The maximum atomic E-state index is 12.4. The Morgan fingerprint density at radius 2 is 1.92 bits per heavy atom. The van der Waals surface area contributed by atoms with Gasteiger partial charge in [-0.15, -0.1) is 0 Å². The number of furan rings is 1. The van der Waals surface area contributed by atoms with Crippen LogP contribution in [0.15, 0.2) is 53.1 Å². The van der Waals surface area contributed by atoms with Gasteiger partial charge in [0, 0.05) is 19.6 Å². The molecule has 3 N–H and O–H groups in total. The van der Waals surface area contributed by atoms with Gasteiger partial charge >= 0.3 is 0 Å². The van der Waals surface area contributed by atoms with Crippen LogP contribution in [0.25, 0.3) is 0 Å². The summed E-state index contributed by atoms with van der Waals surface area (Å²) in [5, 5.41) is 14.5. The van der Waals surface area contributed by atoms with E-state index in [1.54, 1.807) is 12.1 Å². The number of aliphatic hydroxyl groups is 1. The van der Waals surface area contributed by atoms with Crippen LogP contribution in [0.2, 0.25) is 0 Å². The summed E-state index contributed by atoms with van der Waals surface area (Å²) < 4.78 is 5.06. The lowest BCUT2D eigenvalue weighted by Crippen LogP contribution is -2.49. The van der Waals surface area contributed by atoms with Crippen LogP contribution in [0.5, 0.6) is 0 Å². The second-order valence-electron chi connectivity index (χ2n) is 5.73. The fourth-order valence-corrected chi connectivity index (χ4v) is 2.16. The number of hydrogen-bond acceptors (Lipinski definition) is 4. The number of nitrogens with one attached hydrogen (secondary N) is 2. The van der Waals surface area contributed by atoms with Crippen LogP contribution in [-0.2, 0) is 11.2 Å². The number of hydrogen-bond donors (Lipinski definition) is 3. The number of carbonyl (C=O) groups is 2. The Morgan fingerprint density at radius 1 is 1.17 bits per heavy atom. The molecule has 2 atom stereocenters. The molecule has 24 heavy (non-hydrogen) atoms. The van der Waals surface area contributed by atoms with Gasteiger partial charge in [0.15, 0.2) is 5.76 Å². The highest BCUT2D eigenvalue weighted by Gasteiger charge is 2.23. The van der Waals surface area contributed by atoms with Crippen molar-refractivity contribution in [2.75, 3.05) is 13.2 Å². The van der Waals surface area contributed by atoms with Gasteiger partial charge in [-0.3, -0.25) is 9.59 Å². The van der Waals surface area contributed by atoms with Crippen LogP contribution >= 0.6 is 0 Å². The molecule has 0 aliphatic heterocycles. The summed E-state index contributed by atoms with van der Waals surface area (Å²) >= 11 is 0. The molecule has 0 aliphatic rings. The zero-order valence-electron chi connectivity index (χ0n) is 13.6. The average molecular weight is 330 g/mol. The van der Waals surface area contributed by atoms with Crippen LogP contribution in [0.1, 0.15) is 23.0 Å². The highest BCUT2D eigenvalue weighted by molar-refractivity contribution is 5.95. The summed E-state index contributed by atoms with van der Waals surface area (Å²) in [6.07, 6.45) is 1.77. The van der Waals surface area contributed by atoms with Crippen LogP contribution < -0.4 is 10.6 Å². The van der Waals surface area contributed by atoms with E-state index in [1.165, 1.54) is 6.26 Å². The van der Waals surface area contributed by atoms with Gasteiger partial charge in [-0.05, 0) is 23.6 Å². The monoisotopic (exact) mass is 330 g/mol. The maximum absolute atomic E-state index is 12.4. The third-order valence-corrected chi connectivity index (χ3v) is 3.59. The first-order valence-corrected chi connectivity index (χ1v) is 7.87. The van der Waals surface area contributed by atoms with Crippen LogP contribution in [0.4, 0.5) is 0 Å². The quantitative estimate of drug-likeness (QED) is 0.681. The molecule has 0 saturated heterocycles. The zero-order valence-corrected chi connectivity index (χ0v) is 13.6. The smallest absolute Gasteiger partial charge is 0.287 e. The lowest BCUT2D eigenvalue weighted by molar-refractivity contribution is -0.123. The van der Waals surface area contributed by atoms with Crippen molar-refractivity contribution in [2.24, 2.45) is 5.92 Å². The van der Waals surface area contributed by atoms with Crippen LogP contribution in [0, 0.1) is 5.92 Å². The van der Waals surface area contributed by atoms with E-state index in [9.17, 15) is 9.59 Å². The Bertz CT molecular complexity index is 640. The third kappa shape index (κ3) is 5.24. The van der Waals surface area contributed by atoms with E-state index in [4.69, 9.17) is 9.52 Å². The number of benzene rings is 1. The molecule has 0 radical (unpaired) electrons. The van der Waals surface area contributed by atoms with Crippen molar-refractivity contribution < 1.29 is 19.1 Å². The maximum Gasteiger partial charge on any atom is 0.287 e. The van der Waals surface area contributed by atoms with Crippen molar-refractivity contribution in [1.29, 1.82) is 0 Å². The van der Waals surface area contributed by atoms with Crippen molar-refractivity contribution in [3.63, 3.8) is 0 Å². The zero-order chi connectivity index (χ0) is 17.4. The van der Waals surface area contributed by atoms with Crippen molar-refractivity contribution >= 4 is 11.8 Å². The van der Waals surface area contributed by atoms with Crippen LogP contribution in [0.3, 0.4) is 0 Å². The van der Waals surface area contributed by atoms with Crippen molar-refractivity contribution in [1.82, 2.24) is 10.6 Å². The van der Waals surface area contributed by atoms with E-state index >= 15 is 0 Å². The molecule has 2 unspecified atom stereocenters. The Labute approximate surface area is 140 Å². The fourth-order valence-electron chi connectivity index (χ4n) is 2.16. The summed E-state index contributed by atoms with van der Waals surface area (Å²) in [6.45, 7) is 2.16. The van der Waals surface area contributed by atoms with Crippen LogP contribution in [-0.4, -0.2) is 36.1 Å². The first-order valence-electron chi connectivity index (χ1n) is 7.87. The van der Waals surface area contributed by atoms with Gasteiger partial charge in [-0.1, -0.05) is 37.3 Å². The van der Waals surface area contributed by atoms with E-state index in [2.05, 4.69) is 10.6 Å². The minimum atomic E-state index is -0.726. The second kappa shape index (κ2) is 8.88. The molecule has 2 rings (SSSR count). The minimum absolute atomic E-state index is 0.0115. The highest BCUT2D eigenvalue weighted by atomic mass is 16.3. The highest BCUT2D eigenvalue weighted by Crippen LogP contribution is 2.06. The largest absolute Gasteiger partial charge is 0.459 e. The molecule has 0 spiro atoms. The molecule has 1 aromatic heterocycles. The topological polar surface area (TPSA) is 91.6 Å². The molecule has 6 nitrogen and oxygen atoms in total. The molecule has 1 heterocycles. The lowest BCUT2D eigenvalue weighted by atomic mass is 10.0. The van der Waals surface area contributed by atoms with E-state index in [1.807, 2.05) is 37.3 Å². The van der Waals surface area contributed by atoms with Gasteiger partial charge in [0.25, 0.3) is 5.91 Å². The van der Waals surface area contributed by atoms with Crippen molar-refractivity contribution in [3.05, 3.63) is 60.1 Å². The standard InChI is InChI=1S/C18H22N2O4/c1-13(12-21)11-19-17(22)15(10-14-6-3-2-4-7-14)20-18(23)16-8-5-9-24-16/h2-9,13,15,21H,10-12H2,1H3,(H,19,22)(H,20,23). The molecule has 0 fully saturated rings. The van der Waals surface area contributed by atoms with E-state index in [-0.39, 0.29) is 24.2 Å². The summed E-state index contributed by atoms with van der Waals surface area (Å²) in [4.78, 5) is 24.6. The lowest BCUT2D eigenvalue weighted by Gasteiger charge is -2.19. The fraction of sp³-hybridized carbons (Fsp3) is 0.333. The molecular weight excluding hydrogens is 308 g/mol. The van der Waals surface area contributed by atoms with E-state index < -0.39 is 11.9 Å². The van der Waals surface area contributed by atoms with E-state index in [0.717, 1.165) is 5.56 Å². The first-order chi connectivity index (χ1) is 11.6. The van der Waals surface area contributed by atoms with Gasteiger partial charge < -0.3 is 20.2 Å². The number of rotatable bonds is 8. The van der Waals surface area contributed by atoms with Gasteiger partial charge in [0.1, 0.15) is 6.04 Å². The number of amides is 2. The summed E-state index contributed by atoms with van der Waals surface area (Å²) in [6, 6.07) is 11.9. The minimum Gasteiger partial charge on any atom is -0.459 e. The second-order valence-corrected chi connectivity index (χ2v) is 5.73. The Hall–Kier alpha value is -2.60. The number of carbonyl (C=O) groups excluding carboxylic acids is 2. The normalized spacial score (nSPS) is 13.1. The van der Waals surface area contributed by atoms with Gasteiger partial charge in [0.05, 0.1) is 6.26 Å². The predicted octanol–water partition coefficient (Wildman–Crippen LogP) is 1.37. The summed E-state index contributed by atoms with van der Waals surface area (Å²) in [5.41, 5.74) is 0.938. The SMILES string of the molecule is CC(CO)CNC(=O)C(Cc1ccccc1)NC(=O)c1ccco1. The molecule has 128 valence electrons. The Kier molecular flexibility index (Phi) is 6.57. The van der Waals surface area contributed by atoms with Gasteiger partial charge in [-0.25, -0.2) is 0 Å². The third-order valence-electron chi connectivity index (χ3n) is 3.59. The number of aliphatic hydroxyl groups excluding tert-OH is 1. The first kappa shape index (κ1) is 17.7. The molecule has 6 heteroatoms. The molecule has 2 amide bonds. The van der Waals surface area contributed by atoms with Crippen molar-refractivity contribution in [3.8, 4) is 0 Å². The Balaban J connectivity index is 2.05. The predicted molar refractivity (Wildman–Crippen MR) is 89.4 cm³/mol. The molecular formula is C18H22N2O4. The molecule has 2 aromatic rings. The molecule has 1 aromatic carbocycles. The molecule has 0 aliphatic carbocycles. The summed E-state index contributed by atoms with van der Waals surface area (Å²) in [7, 11) is 0. The molecule has 0 saturated carbocycles. The van der Waals surface area contributed by atoms with Gasteiger partial charge in [-0.2, -0.15) is 0 Å². The van der Waals surface area contributed by atoms with Crippen molar-refractivity contribution in [2.45, 2.75) is 19.4 Å².